The average molecular weight is 482 g/mol. The first-order chi connectivity index (χ1) is 16.0. The van der Waals surface area contributed by atoms with E-state index >= 15 is 0 Å². The van der Waals surface area contributed by atoms with Gasteiger partial charge < -0.3 is 10.2 Å². The van der Waals surface area contributed by atoms with Crippen molar-refractivity contribution < 1.29 is 41.1 Å². The number of amides is 4. The van der Waals surface area contributed by atoms with Crippen LogP contribution in [0.4, 0.5) is 22.0 Å². The molecule has 8 nitrogen and oxygen atoms in total. The minimum absolute atomic E-state index is 0.0387. The fourth-order valence-electron chi connectivity index (χ4n) is 3.87. The highest BCUT2D eigenvalue weighted by Gasteiger charge is 2.45. The molecule has 2 unspecified atom stereocenters. The summed E-state index contributed by atoms with van der Waals surface area (Å²) < 4.78 is 67.6. The number of fused-ring (bicyclic) bond motifs is 1. The van der Waals surface area contributed by atoms with Gasteiger partial charge in [0.1, 0.15) is 23.4 Å². The van der Waals surface area contributed by atoms with Crippen molar-refractivity contribution in [1.29, 1.82) is 0 Å². The number of hydrogen-bond donors (Lipinski definition) is 2. The van der Waals surface area contributed by atoms with Crippen LogP contribution in [-0.4, -0.2) is 45.7 Å². The summed E-state index contributed by atoms with van der Waals surface area (Å²) in [6.07, 6.45) is -4.59. The van der Waals surface area contributed by atoms with Crippen molar-refractivity contribution in [3.8, 4) is 0 Å². The predicted octanol–water partition coefficient (Wildman–Crippen LogP) is 2.15. The molecule has 0 saturated carbocycles. The number of hydrogen-bond acceptors (Lipinski definition) is 5. The third-order valence-corrected chi connectivity index (χ3v) is 5.50. The first-order valence-corrected chi connectivity index (χ1v) is 9.92. The number of benzene rings is 1. The number of nitrogens with zero attached hydrogens (tertiary/aromatic N) is 2. The lowest BCUT2D eigenvalue weighted by Crippen LogP contribution is -2.52. The third-order valence-electron chi connectivity index (χ3n) is 5.50. The highest BCUT2D eigenvalue weighted by molar-refractivity contribution is 6.06. The van der Waals surface area contributed by atoms with Gasteiger partial charge in [-0.25, -0.2) is 8.78 Å². The molecule has 2 atom stereocenters. The summed E-state index contributed by atoms with van der Waals surface area (Å²) in [5.41, 5.74) is -1.02. The topological polar surface area (TPSA) is 108 Å². The van der Waals surface area contributed by atoms with Crippen LogP contribution in [0.5, 0.6) is 0 Å². The van der Waals surface area contributed by atoms with Crippen molar-refractivity contribution in [3.63, 3.8) is 0 Å². The summed E-state index contributed by atoms with van der Waals surface area (Å²) >= 11 is 0. The second-order valence-electron chi connectivity index (χ2n) is 7.74. The van der Waals surface area contributed by atoms with Crippen molar-refractivity contribution >= 4 is 23.6 Å². The molecule has 2 aliphatic heterocycles. The Balaban J connectivity index is 1.56. The van der Waals surface area contributed by atoms with E-state index in [2.05, 4.69) is 10.3 Å². The summed E-state index contributed by atoms with van der Waals surface area (Å²) in [4.78, 5) is 53.1. The highest BCUT2D eigenvalue weighted by Crippen LogP contribution is 2.34. The average Bonchev–Trinajstić information content (AvgIpc) is 3.07. The van der Waals surface area contributed by atoms with E-state index in [1.807, 2.05) is 0 Å². The maximum atomic E-state index is 13.9. The van der Waals surface area contributed by atoms with Crippen LogP contribution < -0.4 is 10.6 Å². The predicted molar refractivity (Wildman–Crippen MR) is 103 cm³/mol. The van der Waals surface area contributed by atoms with Crippen molar-refractivity contribution in [3.05, 3.63) is 64.5 Å². The molecule has 0 radical (unpaired) electrons. The lowest BCUT2D eigenvalue weighted by Gasteiger charge is -2.29. The maximum Gasteiger partial charge on any atom is 0.414 e. The molecule has 3 heterocycles. The van der Waals surface area contributed by atoms with Crippen molar-refractivity contribution in [2.45, 2.75) is 37.6 Å². The minimum Gasteiger partial charge on any atom is -0.335 e. The molecule has 2 aromatic rings. The molecule has 1 saturated heterocycles. The number of carbonyl (C=O) groups excluding carboxylic acids is 4. The van der Waals surface area contributed by atoms with Crippen LogP contribution in [0.1, 0.15) is 50.9 Å². The molecule has 4 amide bonds. The monoisotopic (exact) mass is 482 g/mol. The first kappa shape index (κ1) is 23.3. The zero-order chi connectivity index (χ0) is 24.8. The van der Waals surface area contributed by atoms with Gasteiger partial charge in [0.25, 0.3) is 11.8 Å². The number of carbonyl (C=O) groups is 4. The third kappa shape index (κ3) is 4.32. The molecule has 1 fully saturated rings. The Morgan fingerprint density at radius 2 is 1.91 bits per heavy atom. The largest absolute Gasteiger partial charge is 0.414 e. The van der Waals surface area contributed by atoms with Crippen molar-refractivity contribution in [1.82, 2.24) is 20.5 Å². The second kappa shape index (κ2) is 8.47. The molecule has 2 aliphatic rings. The van der Waals surface area contributed by atoms with E-state index in [1.165, 1.54) is 17.0 Å². The van der Waals surface area contributed by atoms with E-state index in [1.54, 1.807) is 5.32 Å². The van der Waals surface area contributed by atoms with Crippen LogP contribution in [0, 0.1) is 11.6 Å². The molecule has 178 valence electrons. The number of pyridine rings is 1. The molecule has 1 aromatic carbocycles. The molecule has 2 N–H and O–H groups in total. The molecule has 34 heavy (non-hydrogen) atoms. The molecule has 0 aliphatic carbocycles. The SMILES string of the molecule is O=C1CCC(N2Cc3cc(C(=O)NC(c4ncc(F)cc4F)C(F)(F)F)ccc3C2=O)C(=O)N1. The number of aromatic nitrogens is 1. The molecule has 0 spiro atoms. The van der Waals surface area contributed by atoms with Gasteiger partial charge in [-0.3, -0.25) is 29.5 Å². The zero-order valence-corrected chi connectivity index (χ0v) is 17.1. The summed E-state index contributed by atoms with van der Waals surface area (Å²) in [5, 5.41) is 3.79. The number of piperidine rings is 1. The van der Waals surface area contributed by atoms with E-state index in [0.717, 1.165) is 6.07 Å². The van der Waals surface area contributed by atoms with E-state index < -0.39 is 59.2 Å². The number of alkyl halides is 3. The van der Waals surface area contributed by atoms with Gasteiger partial charge in [0.15, 0.2) is 6.04 Å². The Morgan fingerprint density at radius 3 is 2.56 bits per heavy atom. The highest BCUT2D eigenvalue weighted by atomic mass is 19.4. The van der Waals surface area contributed by atoms with E-state index in [9.17, 15) is 41.1 Å². The lowest BCUT2D eigenvalue weighted by molar-refractivity contribution is -0.156. The Kier molecular flexibility index (Phi) is 5.79. The van der Waals surface area contributed by atoms with Gasteiger partial charge in [-0.2, -0.15) is 13.2 Å². The first-order valence-electron chi connectivity index (χ1n) is 9.92. The summed E-state index contributed by atoms with van der Waals surface area (Å²) in [5.74, 6) is -5.63. The molecule has 1 aromatic heterocycles. The van der Waals surface area contributed by atoms with E-state index in [-0.39, 0.29) is 42.1 Å². The number of halogens is 5. The zero-order valence-electron chi connectivity index (χ0n) is 17.1. The molecule has 0 bridgehead atoms. The van der Waals surface area contributed by atoms with Crippen LogP contribution >= 0.6 is 0 Å². The van der Waals surface area contributed by atoms with Crippen LogP contribution in [0.15, 0.2) is 30.5 Å². The van der Waals surface area contributed by atoms with Gasteiger partial charge in [-0.15, -0.1) is 0 Å². The molecular weight excluding hydrogens is 467 g/mol. The van der Waals surface area contributed by atoms with Crippen LogP contribution in [0.25, 0.3) is 0 Å². The Labute approximate surface area is 188 Å². The van der Waals surface area contributed by atoms with Gasteiger partial charge in [-0.1, -0.05) is 0 Å². The fourth-order valence-corrected chi connectivity index (χ4v) is 3.87. The lowest BCUT2D eigenvalue weighted by atomic mass is 10.0. The van der Waals surface area contributed by atoms with E-state index in [0.29, 0.717) is 6.20 Å². The van der Waals surface area contributed by atoms with Gasteiger partial charge in [0.2, 0.25) is 11.8 Å². The summed E-state index contributed by atoms with van der Waals surface area (Å²) in [6.45, 7) is -0.0988. The Hall–Kier alpha value is -3.90. The van der Waals surface area contributed by atoms with Crippen molar-refractivity contribution in [2.24, 2.45) is 0 Å². The van der Waals surface area contributed by atoms with Crippen LogP contribution in [0.3, 0.4) is 0 Å². The van der Waals surface area contributed by atoms with Gasteiger partial charge in [-0.05, 0) is 30.2 Å². The van der Waals surface area contributed by atoms with Crippen LogP contribution in [-0.2, 0) is 16.1 Å². The second-order valence-corrected chi connectivity index (χ2v) is 7.74. The van der Waals surface area contributed by atoms with Crippen molar-refractivity contribution in [2.75, 3.05) is 0 Å². The van der Waals surface area contributed by atoms with Gasteiger partial charge >= 0.3 is 6.18 Å². The number of imide groups is 1. The Morgan fingerprint density at radius 1 is 1.18 bits per heavy atom. The van der Waals surface area contributed by atoms with E-state index in [4.69, 9.17) is 0 Å². The number of rotatable bonds is 4. The molecule has 13 heteroatoms. The van der Waals surface area contributed by atoms with Gasteiger partial charge in [0.05, 0.1) is 6.20 Å². The van der Waals surface area contributed by atoms with Crippen LogP contribution in [0.2, 0.25) is 0 Å². The summed E-state index contributed by atoms with van der Waals surface area (Å²) in [7, 11) is 0. The minimum atomic E-state index is -5.14. The smallest absolute Gasteiger partial charge is 0.335 e. The normalized spacial score (nSPS) is 19.0. The summed E-state index contributed by atoms with van der Waals surface area (Å²) in [6, 6.07) is 0.000799. The number of nitrogens with one attached hydrogen (secondary N) is 2. The molecule has 4 rings (SSSR count). The standard InChI is InChI=1S/C21H15F5N4O4/c22-11-6-13(23)16(27-7-11)17(21(24,25)26)29-18(32)9-1-2-12-10(5-9)8-30(20(12)34)14-3-4-15(31)28-19(14)33/h1-2,5-7,14,17H,3-4,8H2,(H,29,32)(H,28,31,33). The maximum absolute atomic E-state index is 13.9. The van der Waals surface area contributed by atoms with Gasteiger partial charge in [0, 0.05) is 30.2 Å². The molecular formula is C21H15F5N4O4. The quantitative estimate of drug-likeness (QED) is 0.513. The fraction of sp³-hybridized carbons (Fsp3) is 0.286. The Bertz CT molecular complexity index is 1220.